The summed E-state index contributed by atoms with van der Waals surface area (Å²) in [6.45, 7) is 12.3. The van der Waals surface area contributed by atoms with E-state index >= 15 is 0 Å². The predicted molar refractivity (Wildman–Crippen MR) is 281 cm³/mol. The molecule has 1 atom stereocenters. The van der Waals surface area contributed by atoms with E-state index in [9.17, 15) is 40.3 Å². The van der Waals surface area contributed by atoms with Crippen molar-refractivity contribution in [3.05, 3.63) is 125 Å². The number of nitrogens with zero attached hydrogens (tertiary/aromatic N) is 3. The van der Waals surface area contributed by atoms with E-state index in [-0.39, 0.29) is 80.2 Å². The number of anilines is 1. The molecule has 1 unspecified atom stereocenters. The molecule has 3 aromatic rings. The third-order valence-corrected chi connectivity index (χ3v) is 15.0. The van der Waals surface area contributed by atoms with Crippen molar-refractivity contribution < 1.29 is 103 Å². The number of fused-ring (bicyclic) bond motifs is 3. The van der Waals surface area contributed by atoms with Crippen LogP contribution in [0.15, 0.2) is 108 Å². The van der Waals surface area contributed by atoms with Gasteiger partial charge in [-0.3, -0.25) is 14.1 Å². The Bertz CT molecular complexity index is 3040. The van der Waals surface area contributed by atoms with Gasteiger partial charge in [0.1, 0.15) is 28.2 Å². The summed E-state index contributed by atoms with van der Waals surface area (Å²) in [5, 5.41) is 0.472. The monoisotopic (exact) mass is 1090 g/mol. The van der Waals surface area contributed by atoms with Gasteiger partial charge in [0.2, 0.25) is 5.69 Å². The minimum Gasteiger partial charge on any atom is -0.744 e. The molecule has 1 saturated heterocycles. The number of carbonyl (C=O) groups excluding carboxylic acids is 3. The van der Waals surface area contributed by atoms with Crippen molar-refractivity contribution in [3.8, 4) is 5.75 Å². The van der Waals surface area contributed by atoms with E-state index in [4.69, 9.17) is 28.5 Å². The Morgan fingerprint density at radius 2 is 1.53 bits per heavy atom. The molecule has 402 valence electrons. The van der Waals surface area contributed by atoms with Crippen LogP contribution in [0.3, 0.4) is 0 Å². The average molecular weight is 1100 g/mol. The first-order valence-corrected chi connectivity index (χ1v) is 27.9. The zero-order valence-electron chi connectivity index (χ0n) is 43.9. The number of rotatable bonds is 26. The number of amides is 2. The first-order valence-electron chi connectivity index (χ1n) is 24.9. The minimum atomic E-state index is -4.91. The summed E-state index contributed by atoms with van der Waals surface area (Å²) in [7, 11) is -7.62. The molecule has 3 aromatic carbocycles. The van der Waals surface area contributed by atoms with Gasteiger partial charge in [0.05, 0.1) is 67.9 Å². The van der Waals surface area contributed by atoms with Gasteiger partial charge in [-0.15, -0.1) is 5.06 Å². The van der Waals surface area contributed by atoms with Gasteiger partial charge in [0, 0.05) is 85.5 Å². The molecule has 7 rings (SSSR count). The van der Waals surface area contributed by atoms with Crippen LogP contribution < -0.4 is 39.2 Å². The number of ether oxygens (including phenoxy) is 5. The Kier molecular flexibility index (Phi) is 21.0. The summed E-state index contributed by atoms with van der Waals surface area (Å²) < 4.78 is 101. The molecule has 4 heterocycles. The van der Waals surface area contributed by atoms with E-state index in [0.717, 1.165) is 33.5 Å². The second kappa shape index (κ2) is 26.5. The Morgan fingerprint density at radius 3 is 2.18 bits per heavy atom. The van der Waals surface area contributed by atoms with Gasteiger partial charge in [-0.1, -0.05) is 60.7 Å². The maximum Gasteiger partial charge on any atom is 1.00 e. The van der Waals surface area contributed by atoms with Crippen molar-refractivity contribution in [2.75, 3.05) is 77.1 Å². The first kappa shape index (κ1) is 60.1. The number of hydrogen-bond acceptors (Lipinski definition) is 15. The second-order valence-electron chi connectivity index (χ2n) is 19.2. The molecule has 0 aliphatic carbocycles. The number of carbonyl (C=O) groups is 3. The van der Waals surface area contributed by atoms with Crippen LogP contribution in [0, 0.1) is 0 Å². The van der Waals surface area contributed by atoms with Crippen molar-refractivity contribution in [2.45, 2.75) is 82.1 Å². The number of allylic oxidation sites excluding steroid dienone is 8. The minimum absolute atomic E-state index is 0. The number of hydroxylamine groups is 2. The van der Waals surface area contributed by atoms with E-state index in [1.807, 2.05) is 66.1 Å². The van der Waals surface area contributed by atoms with Crippen molar-refractivity contribution in [3.63, 3.8) is 0 Å². The zero-order valence-corrected chi connectivity index (χ0v) is 47.6. The molecule has 0 radical (unpaired) electrons. The maximum absolute atomic E-state index is 12.9. The van der Waals surface area contributed by atoms with Crippen molar-refractivity contribution in [1.82, 2.24) is 5.06 Å². The molecule has 0 bridgehead atoms. The van der Waals surface area contributed by atoms with Gasteiger partial charge in [0.25, 0.3) is 21.9 Å². The van der Waals surface area contributed by atoms with Crippen molar-refractivity contribution in [1.29, 1.82) is 0 Å². The topological polar surface area (TPSA) is 228 Å². The van der Waals surface area contributed by atoms with E-state index in [1.54, 1.807) is 19.3 Å². The van der Waals surface area contributed by atoms with Crippen LogP contribution in [-0.2, 0) is 63.8 Å². The third kappa shape index (κ3) is 15.1. The van der Waals surface area contributed by atoms with Crippen LogP contribution in [0.5, 0.6) is 5.75 Å². The summed E-state index contributed by atoms with van der Waals surface area (Å²) in [4.78, 5) is 44.1. The molecule has 4 aliphatic rings. The predicted octanol–water partition coefficient (Wildman–Crippen LogP) is 4.33. The fraction of sp³-hybridized carbons (Fsp3) is 0.418. The molecule has 1 N–H and O–H groups in total. The van der Waals surface area contributed by atoms with Crippen LogP contribution in [0.25, 0.3) is 16.9 Å². The van der Waals surface area contributed by atoms with Crippen molar-refractivity contribution in [2.24, 2.45) is 0 Å². The van der Waals surface area contributed by atoms with Gasteiger partial charge in [-0.2, -0.15) is 13.0 Å². The molecule has 21 heteroatoms. The molecule has 0 aromatic heterocycles. The summed E-state index contributed by atoms with van der Waals surface area (Å²) >= 11 is 0. The number of hydrogen-bond donors (Lipinski definition) is 1. The van der Waals surface area contributed by atoms with Gasteiger partial charge in [-0.25, -0.2) is 13.2 Å². The smallest absolute Gasteiger partial charge is 0.744 e. The first-order chi connectivity index (χ1) is 35.7. The van der Waals surface area contributed by atoms with Gasteiger partial charge < -0.3 is 38.0 Å². The zero-order chi connectivity index (χ0) is 54.0. The maximum atomic E-state index is 12.9. The molecule has 76 heavy (non-hydrogen) atoms. The molecule has 0 spiro atoms. The summed E-state index contributed by atoms with van der Waals surface area (Å²) in [5.41, 5.74) is 5.90. The summed E-state index contributed by atoms with van der Waals surface area (Å²) in [6.07, 6.45) is 13.4. The molecule has 1 fully saturated rings. The largest absolute Gasteiger partial charge is 1.00 e. The van der Waals surface area contributed by atoms with Crippen LogP contribution in [0.1, 0.15) is 88.5 Å². The second-order valence-corrected chi connectivity index (χ2v) is 22.2. The Morgan fingerprint density at radius 1 is 0.855 bits per heavy atom. The molecule has 0 saturated carbocycles. The number of benzene rings is 3. The van der Waals surface area contributed by atoms with Crippen LogP contribution in [0.4, 0.5) is 11.4 Å². The molecular weight excluding hydrogens is 1030 g/mol. The SMILES string of the molecule is COCCOCCOCCOCCN1c2cc3c(cc2C(C)=CC1(C)C)C(=CC=CC=CC1=[N+](CCCS(=O)(=O)O)c2ccc(S(=O)(=O)[O-])cc2C1(C)CCCC(=O)ON1C(=O)CCC1=O)C=C(c1ccccc1)O3.[Na+]. The number of imide groups is 1. The molecular formula is C55H65N3NaO15S2+. The molecule has 18 nitrogen and oxygen atoms in total. The molecule has 2 amide bonds. The number of methoxy groups -OCH3 is 1. The van der Waals surface area contributed by atoms with E-state index in [1.165, 1.54) is 18.2 Å². The van der Waals surface area contributed by atoms with E-state index in [2.05, 4.69) is 43.9 Å². The molecule has 4 aliphatic heterocycles. The van der Waals surface area contributed by atoms with Gasteiger partial charge in [-0.05, 0) is 76.0 Å². The quantitative estimate of drug-likeness (QED) is 0.0295. The van der Waals surface area contributed by atoms with Crippen LogP contribution in [-0.4, -0.2) is 137 Å². The van der Waals surface area contributed by atoms with Crippen LogP contribution in [0.2, 0.25) is 0 Å². The third-order valence-electron chi connectivity index (χ3n) is 13.4. The Labute approximate surface area is 467 Å². The van der Waals surface area contributed by atoms with E-state index < -0.39 is 54.1 Å². The average Bonchev–Trinajstić information content (AvgIpc) is 3.79. The Hall–Kier alpha value is -5.10. The standard InChI is InChI=1S/C55H65N3O15S2.Na/c1-39-38-54(2,3)57(25-26-69-29-30-71-32-31-70-28-27-68-5)47-37-49-44(36-43(39)47)41(34-48(72-49)40-14-8-6-9-15-40)16-10-7-11-17-50-55(4,23-12-18-53(61)73-58-51(59)21-22-52(58)60)45-35-42(75(65,66)67)19-20-46(45)56(50)24-13-33-74(62,63)64;/h6-11,14-17,19-20,34-38H,12-13,18,21-33H2,1-5H3,(H-,62,63,64,65,66,67);/q;+1. The van der Waals surface area contributed by atoms with Gasteiger partial charge >= 0.3 is 35.5 Å². The Balaban J connectivity index is 0.00000937. The van der Waals surface area contributed by atoms with Crippen LogP contribution >= 0.6 is 0 Å². The van der Waals surface area contributed by atoms with Gasteiger partial charge in [0.15, 0.2) is 5.71 Å². The fourth-order valence-corrected chi connectivity index (χ4v) is 10.8. The summed E-state index contributed by atoms with van der Waals surface area (Å²) in [6, 6.07) is 18.0. The normalized spacial score (nSPS) is 18.7. The van der Waals surface area contributed by atoms with E-state index in [0.29, 0.717) is 86.3 Å². The summed E-state index contributed by atoms with van der Waals surface area (Å²) in [5.74, 6) is -1.30. The van der Waals surface area contributed by atoms with Crippen molar-refractivity contribution >= 4 is 72.0 Å². The fourth-order valence-electron chi connectivity index (χ4n) is 9.77.